The summed E-state index contributed by atoms with van der Waals surface area (Å²) in [6.07, 6.45) is -2.69. The van der Waals surface area contributed by atoms with Gasteiger partial charge in [0, 0.05) is 0 Å². The first-order valence-electron chi connectivity index (χ1n) is 3.24. The van der Waals surface area contributed by atoms with Crippen molar-refractivity contribution in [3.05, 3.63) is 21.9 Å². The van der Waals surface area contributed by atoms with Gasteiger partial charge in [-0.2, -0.15) is 0 Å². The first-order chi connectivity index (χ1) is 6.06. The van der Waals surface area contributed by atoms with Gasteiger partial charge in [0.25, 0.3) is 6.43 Å². The Kier molecular flexibility index (Phi) is 3.27. The summed E-state index contributed by atoms with van der Waals surface area (Å²) in [5.74, 6) is -0.138. The minimum absolute atomic E-state index is 0.0823. The highest BCUT2D eigenvalue weighted by atomic mass is 35.5. The van der Waals surface area contributed by atoms with E-state index in [9.17, 15) is 8.78 Å². The lowest BCUT2D eigenvalue weighted by atomic mass is 10.2. The maximum absolute atomic E-state index is 12.3. The third kappa shape index (κ3) is 2.19. The molecule has 6 heteroatoms. The molecule has 0 amide bonds. The molecule has 0 aliphatic carbocycles. The van der Waals surface area contributed by atoms with Crippen LogP contribution < -0.4 is 4.74 Å². The van der Waals surface area contributed by atoms with Crippen LogP contribution in [0, 0.1) is 0 Å². The molecular formula is C7H5Cl2F2NO. The van der Waals surface area contributed by atoms with E-state index in [-0.39, 0.29) is 21.6 Å². The van der Waals surface area contributed by atoms with Crippen molar-refractivity contribution in [1.82, 2.24) is 4.98 Å². The number of pyridine rings is 1. The van der Waals surface area contributed by atoms with Crippen molar-refractivity contribution in [1.29, 1.82) is 0 Å². The lowest BCUT2D eigenvalue weighted by molar-refractivity contribution is 0.147. The number of hydrogen-bond acceptors (Lipinski definition) is 2. The molecule has 0 spiro atoms. The molecule has 0 bridgehead atoms. The zero-order chi connectivity index (χ0) is 10.0. The van der Waals surface area contributed by atoms with Crippen LogP contribution in [-0.4, -0.2) is 12.1 Å². The highest BCUT2D eigenvalue weighted by Gasteiger charge is 2.18. The van der Waals surface area contributed by atoms with Crippen molar-refractivity contribution in [3.63, 3.8) is 0 Å². The average molecular weight is 228 g/mol. The second kappa shape index (κ2) is 4.07. The summed E-state index contributed by atoms with van der Waals surface area (Å²) in [5.41, 5.74) is -0.354. The smallest absolute Gasteiger partial charge is 0.267 e. The molecule has 72 valence electrons. The predicted molar refractivity (Wildman–Crippen MR) is 45.8 cm³/mol. The number of alkyl halides is 2. The molecule has 1 aromatic rings. The van der Waals surface area contributed by atoms with Crippen LogP contribution in [0.15, 0.2) is 6.07 Å². The minimum Gasteiger partial charge on any atom is -0.493 e. The zero-order valence-corrected chi connectivity index (χ0v) is 8.03. The van der Waals surface area contributed by atoms with Crippen molar-refractivity contribution >= 4 is 23.2 Å². The van der Waals surface area contributed by atoms with E-state index in [0.29, 0.717) is 0 Å². The van der Waals surface area contributed by atoms with Crippen molar-refractivity contribution < 1.29 is 13.5 Å². The Balaban J connectivity index is 3.29. The number of nitrogens with zero attached hydrogens (tertiary/aromatic N) is 1. The molecule has 0 fully saturated rings. The molecule has 0 radical (unpaired) electrons. The van der Waals surface area contributed by atoms with Crippen molar-refractivity contribution in [3.8, 4) is 5.75 Å². The maximum atomic E-state index is 12.3. The highest BCUT2D eigenvalue weighted by molar-refractivity contribution is 6.33. The van der Waals surface area contributed by atoms with Gasteiger partial charge in [-0.05, 0) is 6.07 Å². The van der Waals surface area contributed by atoms with Gasteiger partial charge >= 0.3 is 0 Å². The SMILES string of the molecule is COc1c(C(F)F)cc(Cl)nc1Cl. The van der Waals surface area contributed by atoms with Crippen molar-refractivity contribution in [2.24, 2.45) is 0 Å². The van der Waals surface area contributed by atoms with Gasteiger partial charge in [0.1, 0.15) is 5.15 Å². The quantitative estimate of drug-likeness (QED) is 0.724. The van der Waals surface area contributed by atoms with Crippen molar-refractivity contribution in [2.45, 2.75) is 6.43 Å². The van der Waals surface area contributed by atoms with Gasteiger partial charge in [0.05, 0.1) is 12.7 Å². The molecular weight excluding hydrogens is 223 g/mol. The van der Waals surface area contributed by atoms with E-state index in [2.05, 4.69) is 9.72 Å². The lowest BCUT2D eigenvalue weighted by Gasteiger charge is -2.08. The fourth-order valence-electron chi connectivity index (χ4n) is 0.854. The molecule has 1 aromatic heterocycles. The second-order valence-electron chi connectivity index (χ2n) is 2.16. The van der Waals surface area contributed by atoms with E-state index in [1.807, 2.05) is 0 Å². The molecule has 0 saturated heterocycles. The lowest BCUT2D eigenvalue weighted by Crippen LogP contribution is -1.95. The normalized spacial score (nSPS) is 10.6. The molecule has 0 N–H and O–H groups in total. The first-order valence-corrected chi connectivity index (χ1v) is 4.00. The van der Waals surface area contributed by atoms with E-state index in [0.717, 1.165) is 6.07 Å². The second-order valence-corrected chi connectivity index (χ2v) is 2.90. The molecule has 13 heavy (non-hydrogen) atoms. The maximum Gasteiger partial charge on any atom is 0.267 e. The summed E-state index contributed by atoms with van der Waals surface area (Å²) >= 11 is 11.0. The van der Waals surface area contributed by atoms with Gasteiger partial charge in [-0.25, -0.2) is 13.8 Å². The molecule has 1 rings (SSSR count). The van der Waals surface area contributed by atoms with E-state index < -0.39 is 6.43 Å². The monoisotopic (exact) mass is 227 g/mol. The summed E-state index contributed by atoms with van der Waals surface area (Å²) in [6.45, 7) is 0. The van der Waals surface area contributed by atoms with E-state index in [4.69, 9.17) is 23.2 Å². The fourth-order valence-corrected chi connectivity index (χ4v) is 1.38. The average Bonchev–Trinajstić information content (AvgIpc) is 2.02. The van der Waals surface area contributed by atoms with Crippen LogP contribution in [0.5, 0.6) is 5.75 Å². The molecule has 1 heterocycles. The Morgan fingerprint density at radius 1 is 1.46 bits per heavy atom. The van der Waals surface area contributed by atoms with Gasteiger partial charge in [0.15, 0.2) is 10.9 Å². The Bertz CT molecular complexity index is 320. The standard InChI is InChI=1S/C7H5Cl2F2NO/c1-13-5-3(7(10)11)2-4(8)12-6(5)9/h2,7H,1H3. The summed E-state index contributed by atoms with van der Waals surface area (Å²) < 4.78 is 29.4. The molecule has 0 unspecified atom stereocenters. The van der Waals surface area contributed by atoms with Crippen LogP contribution in [0.4, 0.5) is 8.78 Å². The molecule has 0 aliphatic heterocycles. The summed E-state index contributed by atoms with van der Waals surface area (Å²) in [6, 6.07) is 1.02. The predicted octanol–water partition coefficient (Wildman–Crippen LogP) is 3.33. The van der Waals surface area contributed by atoms with Gasteiger partial charge in [0.2, 0.25) is 0 Å². The first kappa shape index (κ1) is 10.5. The zero-order valence-electron chi connectivity index (χ0n) is 6.52. The minimum atomic E-state index is -2.69. The van der Waals surface area contributed by atoms with Crippen LogP contribution in [0.25, 0.3) is 0 Å². The third-order valence-electron chi connectivity index (χ3n) is 1.37. The van der Waals surface area contributed by atoms with E-state index in [1.165, 1.54) is 7.11 Å². The number of hydrogen-bond donors (Lipinski definition) is 0. The summed E-state index contributed by atoms with van der Waals surface area (Å²) in [4.78, 5) is 3.56. The van der Waals surface area contributed by atoms with Crippen LogP contribution in [0.2, 0.25) is 10.3 Å². The highest BCUT2D eigenvalue weighted by Crippen LogP contribution is 2.35. The number of aromatic nitrogens is 1. The molecule has 0 aliphatic rings. The number of halogens is 4. The number of rotatable bonds is 2. The molecule has 2 nitrogen and oxygen atoms in total. The van der Waals surface area contributed by atoms with Crippen LogP contribution in [0.3, 0.4) is 0 Å². The third-order valence-corrected chi connectivity index (χ3v) is 1.82. The fraction of sp³-hybridized carbons (Fsp3) is 0.286. The van der Waals surface area contributed by atoms with Gasteiger partial charge in [-0.3, -0.25) is 0 Å². The van der Waals surface area contributed by atoms with Crippen LogP contribution >= 0.6 is 23.2 Å². The molecule has 0 aromatic carbocycles. The Morgan fingerprint density at radius 2 is 2.08 bits per heavy atom. The number of methoxy groups -OCH3 is 1. The number of ether oxygens (including phenoxy) is 1. The molecule has 0 saturated carbocycles. The summed E-state index contributed by atoms with van der Waals surface area (Å²) in [5, 5.41) is -0.244. The van der Waals surface area contributed by atoms with Crippen LogP contribution in [-0.2, 0) is 0 Å². The van der Waals surface area contributed by atoms with Crippen LogP contribution in [0.1, 0.15) is 12.0 Å². The topological polar surface area (TPSA) is 22.1 Å². The van der Waals surface area contributed by atoms with Crippen molar-refractivity contribution in [2.75, 3.05) is 7.11 Å². The Morgan fingerprint density at radius 3 is 2.54 bits per heavy atom. The Labute approximate surface area is 83.4 Å². The van der Waals surface area contributed by atoms with E-state index in [1.54, 1.807) is 0 Å². The van der Waals surface area contributed by atoms with Gasteiger partial charge in [-0.1, -0.05) is 23.2 Å². The van der Waals surface area contributed by atoms with Gasteiger partial charge in [-0.15, -0.1) is 0 Å². The molecule has 0 atom stereocenters. The Hall–Kier alpha value is -0.610. The largest absolute Gasteiger partial charge is 0.493 e. The van der Waals surface area contributed by atoms with E-state index >= 15 is 0 Å². The summed E-state index contributed by atoms with van der Waals surface area (Å²) in [7, 11) is 1.24. The van der Waals surface area contributed by atoms with Gasteiger partial charge < -0.3 is 4.74 Å².